The van der Waals surface area contributed by atoms with Gasteiger partial charge in [-0.05, 0) is 18.3 Å². The number of Topliss-reactive ketones (excluding diaryl/α,β-unsaturated/α-hetero) is 2. The topological polar surface area (TPSA) is 60.4 Å². The number of ketones is 2. The second kappa shape index (κ2) is 3.11. The van der Waals surface area contributed by atoms with Gasteiger partial charge in [0.2, 0.25) is 0 Å². The number of allylic oxidation sites excluding steroid dienone is 2. The second-order valence-corrected chi connectivity index (χ2v) is 5.89. The molecule has 0 aromatic carbocycles. The van der Waals surface area contributed by atoms with Crippen LogP contribution in [0.5, 0.6) is 0 Å². The van der Waals surface area contributed by atoms with Crippen molar-refractivity contribution in [3.8, 4) is 0 Å². The molecule has 0 saturated heterocycles. The van der Waals surface area contributed by atoms with Gasteiger partial charge in [0.05, 0.1) is 13.0 Å². The lowest BCUT2D eigenvalue weighted by molar-refractivity contribution is -0.149. The van der Waals surface area contributed by atoms with E-state index in [1.165, 1.54) is 7.11 Å². The molecular formula is C14H14O4. The molecule has 4 aliphatic rings. The van der Waals surface area contributed by atoms with Gasteiger partial charge >= 0.3 is 5.97 Å². The molecule has 4 heteroatoms. The Bertz CT molecular complexity index is 506. The Morgan fingerprint density at radius 1 is 1.17 bits per heavy atom. The fourth-order valence-corrected chi connectivity index (χ4v) is 4.93. The maximum atomic E-state index is 12.3. The summed E-state index contributed by atoms with van der Waals surface area (Å²) >= 11 is 0. The fourth-order valence-electron chi connectivity index (χ4n) is 4.93. The molecule has 0 radical (unpaired) electrons. The van der Waals surface area contributed by atoms with Gasteiger partial charge in [-0.15, -0.1) is 0 Å². The Labute approximate surface area is 104 Å². The van der Waals surface area contributed by atoms with Crippen LogP contribution in [-0.2, 0) is 19.1 Å². The van der Waals surface area contributed by atoms with E-state index < -0.39 is 0 Å². The van der Waals surface area contributed by atoms with Gasteiger partial charge in [0.15, 0.2) is 0 Å². The van der Waals surface area contributed by atoms with E-state index in [0.29, 0.717) is 6.42 Å². The Balaban J connectivity index is 1.75. The third kappa shape index (κ3) is 0.932. The third-order valence-electron chi connectivity index (χ3n) is 5.48. The van der Waals surface area contributed by atoms with Crippen LogP contribution in [-0.4, -0.2) is 24.6 Å². The number of ether oxygens (including phenoxy) is 1. The van der Waals surface area contributed by atoms with Crippen molar-refractivity contribution in [2.45, 2.75) is 6.42 Å². The summed E-state index contributed by atoms with van der Waals surface area (Å²) in [5.41, 5.74) is 0. The lowest BCUT2D eigenvalue weighted by Crippen LogP contribution is -2.35. The Morgan fingerprint density at radius 2 is 1.83 bits per heavy atom. The summed E-state index contributed by atoms with van der Waals surface area (Å²) < 4.78 is 4.80. The Morgan fingerprint density at radius 3 is 2.50 bits per heavy atom. The number of carbonyl (C=O) groups excluding carboxylic acids is 3. The molecule has 7 unspecified atom stereocenters. The average molecular weight is 246 g/mol. The molecule has 0 amide bonds. The highest BCUT2D eigenvalue weighted by Crippen LogP contribution is 2.64. The summed E-state index contributed by atoms with van der Waals surface area (Å²) in [6.07, 6.45) is 4.49. The van der Waals surface area contributed by atoms with Crippen LogP contribution in [0.2, 0.25) is 0 Å². The van der Waals surface area contributed by atoms with Crippen molar-refractivity contribution < 1.29 is 19.1 Å². The summed E-state index contributed by atoms with van der Waals surface area (Å²) in [7, 11) is 1.36. The van der Waals surface area contributed by atoms with Gasteiger partial charge in [0, 0.05) is 23.7 Å². The van der Waals surface area contributed by atoms with Gasteiger partial charge in [-0.25, -0.2) is 0 Å². The maximum absolute atomic E-state index is 12.3. The van der Waals surface area contributed by atoms with Crippen LogP contribution in [0.4, 0.5) is 0 Å². The Hall–Kier alpha value is -1.45. The van der Waals surface area contributed by atoms with Crippen LogP contribution < -0.4 is 0 Å². The van der Waals surface area contributed by atoms with E-state index in [9.17, 15) is 14.4 Å². The van der Waals surface area contributed by atoms with Crippen molar-refractivity contribution in [3.05, 3.63) is 12.2 Å². The SMILES string of the molecule is COC(=O)C1CC2C(=O)C1C1C3C=CC(C3=O)C21. The van der Waals surface area contributed by atoms with E-state index in [2.05, 4.69) is 0 Å². The predicted octanol–water partition coefficient (Wildman–Crippen LogP) is 0.612. The quantitative estimate of drug-likeness (QED) is 0.386. The smallest absolute Gasteiger partial charge is 0.309 e. The number of hydrogen-bond acceptors (Lipinski definition) is 4. The van der Waals surface area contributed by atoms with Crippen LogP contribution in [0.3, 0.4) is 0 Å². The molecule has 4 aliphatic carbocycles. The van der Waals surface area contributed by atoms with E-state index in [1.807, 2.05) is 12.2 Å². The zero-order valence-electron chi connectivity index (χ0n) is 10.0. The van der Waals surface area contributed by atoms with Crippen molar-refractivity contribution in [1.82, 2.24) is 0 Å². The minimum Gasteiger partial charge on any atom is -0.469 e. The molecule has 4 rings (SSSR count). The van der Waals surface area contributed by atoms with Gasteiger partial charge in [0.1, 0.15) is 11.6 Å². The molecule has 0 spiro atoms. The highest BCUT2D eigenvalue weighted by Gasteiger charge is 2.69. The number of methoxy groups -OCH3 is 1. The van der Waals surface area contributed by atoms with Gasteiger partial charge in [0.25, 0.3) is 0 Å². The lowest BCUT2D eigenvalue weighted by Gasteiger charge is -2.32. The van der Waals surface area contributed by atoms with Crippen LogP contribution >= 0.6 is 0 Å². The van der Waals surface area contributed by atoms with E-state index in [1.54, 1.807) is 0 Å². The maximum Gasteiger partial charge on any atom is 0.309 e. The minimum atomic E-state index is -0.311. The largest absolute Gasteiger partial charge is 0.469 e. The highest BCUT2D eigenvalue weighted by atomic mass is 16.5. The van der Waals surface area contributed by atoms with Crippen LogP contribution in [0.1, 0.15) is 6.42 Å². The fraction of sp³-hybridized carbons (Fsp3) is 0.643. The van der Waals surface area contributed by atoms with Crippen molar-refractivity contribution in [1.29, 1.82) is 0 Å². The average Bonchev–Trinajstić information content (AvgIpc) is 3.06. The van der Waals surface area contributed by atoms with Crippen molar-refractivity contribution in [2.75, 3.05) is 7.11 Å². The number of fused-ring (bicyclic) bond motifs is 9. The molecule has 0 aromatic heterocycles. The predicted molar refractivity (Wildman–Crippen MR) is 60.2 cm³/mol. The normalized spacial score (nSPS) is 51.1. The van der Waals surface area contributed by atoms with Crippen molar-refractivity contribution >= 4 is 17.5 Å². The lowest BCUT2D eigenvalue weighted by atomic mass is 9.69. The minimum absolute atomic E-state index is 0.0578. The summed E-state index contributed by atoms with van der Waals surface area (Å²) in [5.74, 6) is -0.422. The van der Waals surface area contributed by atoms with E-state index in [-0.39, 0.29) is 59.0 Å². The van der Waals surface area contributed by atoms with Crippen molar-refractivity contribution in [3.63, 3.8) is 0 Å². The zero-order valence-corrected chi connectivity index (χ0v) is 10.0. The van der Waals surface area contributed by atoms with E-state index in [0.717, 1.165) is 0 Å². The van der Waals surface area contributed by atoms with Gasteiger partial charge in [-0.2, -0.15) is 0 Å². The molecule has 0 aliphatic heterocycles. The Kier molecular flexibility index (Phi) is 1.81. The van der Waals surface area contributed by atoms with E-state index >= 15 is 0 Å². The molecule has 3 fully saturated rings. The monoisotopic (exact) mass is 246 g/mol. The summed E-state index contributed by atoms with van der Waals surface area (Å²) in [6, 6.07) is 0. The summed E-state index contributed by atoms with van der Waals surface area (Å²) in [4.78, 5) is 36.1. The number of carbonyl (C=O) groups is 3. The highest BCUT2D eigenvalue weighted by molar-refractivity contribution is 6.01. The molecule has 0 aromatic rings. The first-order valence-corrected chi connectivity index (χ1v) is 6.48. The standard InChI is InChI=1S/C14H14O4/c1-18-14(17)8-4-7-9-5-2-3-6(12(5)15)10(9)11(8)13(7)16/h2-3,5-11H,4H2,1H3. The van der Waals surface area contributed by atoms with Crippen LogP contribution in [0.15, 0.2) is 12.2 Å². The van der Waals surface area contributed by atoms with Crippen LogP contribution in [0.25, 0.3) is 0 Å². The molecule has 0 heterocycles. The van der Waals surface area contributed by atoms with Crippen LogP contribution in [0, 0.1) is 41.4 Å². The van der Waals surface area contributed by atoms with Gasteiger partial charge in [-0.1, -0.05) is 12.2 Å². The molecule has 0 N–H and O–H groups in total. The number of hydrogen-bond donors (Lipinski definition) is 0. The molecule has 4 bridgehead atoms. The first-order valence-electron chi connectivity index (χ1n) is 6.48. The van der Waals surface area contributed by atoms with E-state index in [4.69, 9.17) is 4.74 Å². The summed E-state index contributed by atoms with van der Waals surface area (Å²) in [5, 5.41) is 0. The second-order valence-electron chi connectivity index (χ2n) is 5.89. The first-order chi connectivity index (χ1) is 8.65. The molecular weight excluding hydrogens is 232 g/mol. The molecule has 18 heavy (non-hydrogen) atoms. The van der Waals surface area contributed by atoms with Crippen molar-refractivity contribution in [2.24, 2.45) is 41.4 Å². The zero-order chi connectivity index (χ0) is 12.6. The molecule has 7 atom stereocenters. The van der Waals surface area contributed by atoms with Gasteiger partial charge < -0.3 is 4.74 Å². The number of esters is 1. The summed E-state index contributed by atoms with van der Waals surface area (Å²) in [6.45, 7) is 0. The molecule has 4 nitrogen and oxygen atoms in total. The van der Waals surface area contributed by atoms with Gasteiger partial charge in [-0.3, -0.25) is 14.4 Å². The molecule has 3 saturated carbocycles. The number of rotatable bonds is 1. The first kappa shape index (κ1) is 10.5. The third-order valence-corrected chi connectivity index (χ3v) is 5.48. The molecule has 94 valence electrons.